The Morgan fingerprint density at radius 3 is 2.65 bits per heavy atom. The molecule has 0 aromatic carbocycles. The van der Waals surface area contributed by atoms with Crippen LogP contribution in [0.1, 0.15) is 46.0 Å². The van der Waals surface area contributed by atoms with Crippen LogP contribution in [0.25, 0.3) is 0 Å². The summed E-state index contributed by atoms with van der Waals surface area (Å²) in [5.74, 6) is 0.0212. The first-order chi connectivity index (χ1) is 9.54. The minimum absolute atomic E-state index is 0.174. The number of amides is 1. The molecule has 1 aliphatic heterocycles. The predicted octanol–water partition coefficient (Wildman–Crippen LogP) is 1.20. The van der Waals surface area contributed by atoms with Crippen molar-refractivity contribution in [2.45, 2.75) is 63.6 Å². The minimum Gasteiger partial charge on any atom is -0.376 e. The number of ether oxygens (including phenoxy) is 2. The Labute approximate surface area is 121 Å². The average Bonchev–Trinajstić information content (AvgIpc) is 3.22. The summed E-state index contributed by atoms with van der Waals surface area (Å²) < 4.78 is 11.5. The zero-order valence-electron chi connectivity index (χ0n) is 12.7. The molecule has 0 bridgehead atoms. The predicted molar refractivity (Wildman–Crippen MR) is 77.3 cm³/mol. The third-order valence-electron chi connectivity index (χ3n) is 4.17. The summed E-state index contributed by atoms with van der Waals surface area (Å²) in [6.45, 7) is 5.79. The lowest BCUT2D eigenvalue weighted by Crippen LogP contribution is -2.62. The van der Waals surface area contributed by atoms with E-state index in [9.17, 15) is 4.79 Å². The van der Waals surface area contributed by atoms with Gasteiger partial charge in [-0.2, -0.15) is 0 Å². The van der Waals surface area contributed by atoms with Gasteiger partial charge in [-0.3, -0.25) is 10.1 Å². The van der Waals surface area contributed by atoms with Crippen LogP contribution in [0.2, 0.25) is 0 Å². The largest absolute Gasteiger partial charge is 0.376 e. The normalized spacial score (nSPS) is 26.4. The van der Waals surface area contributed by atoms with E-state index >= 15 is 0 Å². The van der Waals surface area contributed by atoms with Crippen molar-refractivity contribution in [1.29, 1.82) is 0 Å². The molecule has 2 aliphatic rings. The fourth-order valence-electron chi connectivity index (χ4n) is 3.00. The number of hydrogen-bond acceptors (Lipinski definition) is 4. The highest BCUT2D eigenvalue weighted by Crippen LogP contribution is 2.40. The van der Waals surface area contributed by atoms with Gasteiger partial charge in [0.2, 0.25) is 5.91 Å². The van der Waals surface area contributed by atoms with E-state index in [-0.39, 0.29) is 18.1 Å². The van der Waals surface area contributed by atoms with Crippen molar-refractivity contribution in [3.05, 3.63) is 0 Å². The summed E-state index contributed by atoms with van der Waals surface area (Å²) in [5.41, 5.74) is 4.96. The molecule has 5 nitrogen and oxygen atoms in total. The SMILES string of the molecule is CC(C)NC(COCC1CCCCO1)(C(N)=O)C1CC1. The van der Waals surface area contributed by atoms with E-state index in [0.717, 1.165) is 32.3 Å². The molecule has 20 heavy (non-hydrogen) atoms. The highest BCUT2D eigenvalue weighted by molar-refractivity contribution is 5.85. The van der Waals surface area contributed by atoms with Crippen LogP contribution < -0.4 is 11.1 Å². The molecule has 2 atom stereocenters. The monoisotopic (exact) mass is 284 g/mol. The van der Waals surface area contributed by atoms with Gasteiger partial charge in [-0.25, -0.2) is 0 Å². The molecule has 116 valence electrons. The van der Waals surface area contributed by atoms with Crippen molar-refractivity contribution < 1.29 is 14.3 Å². The number of carbonyl (C=O) groups excluding carboxylic acids is 1. The van der Waals surface area contributed by atoms with Gasteiger partial charge in [-0.15, -0.1) is 0 Å². The van der Waals surface area contributed by atoms with E-state index in [0.29, 0.717) is 19.1 Å². The Bertz CT molecular complexity index is 325. The number of nitrogens with one attached hydrogen (secondary N) is 1. The molecule has 0 spiro atoms. The van der Waals surface area contributed by atoms with Gasteiger partial charge in [0.05, 0.1) is 19.3 Å². The summed E-state index contributed by atoms with van der Waals surface area (Å²) in [6, 6.07) is 0.206. The molecule has 5 heteroatoms. The Hall–Kier alpha value is -0.650. The molecule has 1 aliphatic carbocycles. The van der Waals surface area contributed by atoms with Crippen molar-refractivity contribution in [2.24, 2.45) is 11.7 Å². The van der Waals surface area contributed by atoms with Gasteiger partial charge in [0, 0.05) is 12.6 Å². The first-order valence-corrected chi connectivity index (χ1v) is 7.81. The molecule has 1 heterocycles. The molecular weight excluding hydrogens is 256 g/mol. The van der Waals surface area contributed by atoms with Crippen LogP contribution in [-0.2, 0) is 14.3 Å². The molecule has 0 radical (unpaired) electrons. The highest BCUT2D eigenvalue weighted by atomic mass is 16.5. The van der Waals surface area contributed by atoms with Crippen molar-refractivity contribution in [3.63, 3.8) is 0 Å². The van der Waals surface area contributed by atoms with Crippen molar-refractivity contribution in [1.82, 2.24) is 5.32 Å². The Balaban J connectivity index is 1.88. The van der Waals surface area contributed by atoms with Crippen LogP contribution in [0, 0.1) is 5.92 Å². The third kappa shape index (κ3) is 3.93. The summed E-state index contributed by atoms with van der Waals surface area (Å²) in [7, 11) is 0. The van der Waals surface area contributed by atoms with E-state index in [1.165, 1.54) is 6.42 Å². The minimum atomic E-state index is -0.706. The second-order valence-electron chi connectivity index (χ2n) is 6.41. The third-order valence-corrected chi connectivity index (χ3v) is 4.17. The number of primary amides is 1. The van der Waals surface area contributed by atoms with Gasteiger partial charge in [-0.05, 0) is 51.9 Å². The summed E-state index contributed by atoms with van der Waals surface area (Å²) >= 11 is 0. The van der Waals surface area contributed by atoms with Crippen LogP contribution in [0.5, 0.6) is 0 Å². The van der Waals surface area contributed by atoms with Gasteiger partial charge < -0.3 is 15.2 Å². The topological polar surface area (TPSA) is 73.6 Å². The first kappa shape index (κ1) is 15.7. The number of hydrogen-bond donors (Lipinski definition) is 2. The molecule has 3 N–H and O–H groups in total. The van der Waals surface area contributed by atoms with Gasteiger partial charge in [0.1, 0.15) is 5.54 Å². The van der Waals surface area contributed by atoms with Gasteiger partial charge >= 0.3 is 0 Å². The fourth-order valence-corrected chi connectivity index (χ4v) is 3.00. The lowest BCUT2D eigenvalue weighted by Gasteiger charge is -2.34. The molecule has 1 amide bonds. The molecule has 2 fully saturated rings. The van der Waals surface area contributed by atoms with Crippen molar-refractivity contribution >= 4 is 5.91 Å². The lowest BCUT2D eigenvalue weighted by atomic mass is 9.92. The second-order valence-corrected chi connectivity index (χ2v) is 6.41. The Kier molecular flexibility index (Phi) is 5.41. The first-order valence-electron chi connectivity index (χ1n) is 7.81. The van der Waals surface area contributed by atoms with E-state index in [1.807, 2.05) is 13.8 Å². The number of rotatable bonds is 8. The maximum atomic E-state index is 12.0. The molecular formula is C15H28N2O3. The quantitative estimate of drug-likeness (QED) is 0.702. The standard InChI is InChI=1S/C15H28N2O3/c1-11(2)17-15(14(16)18,12-6-7-12)10-19-9-13-5-3-4-8-20-13/h11-13,17H,3-10H2,1-2H3,(H2,16,18). The number of nitrogens with two attached hydrogens (primary N) is 1. The fraction of sp³-hybridized carbons (Fsp3) is 0.933. The zero-order chi connectivity index (χ0) is 14.6. The van der Waals surface area contributed by atoms with E-state index in [2.05, 4.69) is 5.32 Å². The molecule has 0 aromatic rings. The maximum Gasteiger partial charge on any atom is 0.240 e. The van der Waals surface area contributed by atoms with Gasteiger partial charge in [0.25, 0.3) is 0 Å². The van der Waals surface area contributed by atoms with Crippen LogP contribution in [0.4, 0.5) is 0 Å². The van der Waals surface area contributed by atoms with Gasteiger partial charge in [0.15, 0.2) is 0 Å². The molecule has 0 aromatic heterocycles. The second kappa shape index (κ2) is 6.87. The smallest absolute Gasteiger partial charge is 0.240 e. The summed E-state index contributed by atoms with van der Waals surface area (Å²) in [6.07, 6.45) is 5.65. The summed E-state index contributed by atoms with van der Waals surface area (Å²) in [5, 5.41) is 3.35. The van der Waals surface area contributed by atoms with E-state index in [1.54, 1.807) is 0 Å². The molecule has 2 unspecified atom stereocenters. The van der Waals surface area contributed by atoms with Crippen molar-refractivity contribution in [2.75, 3.05) is 19.8 Å². The maximum absolute atomic E-state index is 12.0. The Morgan fingerprint density at radius 2 is 2.15 bits per heavy atom. The van der Waals surface area contributed by atoms with Crippen LogP contribution >= 0.6 is 0 Å². The van der Waals surface area contributed by atoms with Crippen LogP contribution in [-0.4, -0.2) is 43.4 Å². The van der Waals surface area contributed by atoms with Crippen molar-refractivity contribution in [3.8, 4) is 0 Å². The number of carbonyl (C=O) groups is 1. The highest BCUT2D eigenvalue weighted by Gasteiger charge is 2.50. The van der Waals surface area contributed by atoms with E-state index < -0.39 is 5.54 Å². The summed E-state index contributed by atoms with van der Waals surface area (Å²) in [4.78, 5) is 12.0. The van der Waals surface area contributed by atoms with Gasteiger partial charge in [-0.1, -0.05) is 0 Å². The molecule has 1 saturated heterocycles. The Morgan fingerprint density at radius 1 is 1.40 bits per heavy atom. The van der Waals surface area contributed by atoms with Crippen LogP contribution in [0.15, 0.2) is 0 Å². The van der Waals surface area contributed by atoms with E-state index in [4.69, 9.17) is 15.2 Å². The molecule has 2 rings (SSSR count). The average molecular weight is 284 g/mol. The van der Waals surface area contributed by atoms with Crippen LogP contribution in [0.3, 0.4) is 0 Å². The lowest BCUT2D eigenvalue weighted by molar-refractivity contribution is -0.130. The zero-order valence-corrected chi connectivity index (χ0v) is 12.7. The molecule has 1 saturated carbocycles.